The highest BCUT2D eigenvalue weighted by Gasteiger charge is 2.34. The van der Waals surface area contributed by atoms with Gasteiger partial charge in [0.2, 0.25) is 0 Å². The summed E-state index contributed by atoms with van der Waals surface area (Å²) < 4.78 is 32.3. The second-order valence-corrected chi connectivity index (χ2v) is 10.7. The molecular weight excluding hydrogens is 473 g/mol. The molecule has 1 aliphatic carbocycles. The summed E-state index contributed by atoms with van der Waals surface area (Å²) in [5, 5.41) is 12.2. The summed E-state index contributed by atoms with van der Waals surface area (Å²) >= 11 is 0. The predicted molar refractivity (Wildman–Crippen MR) is 143 cm³/mol. The van der Waals surface area contributed by atoms with Gasteiger partial charge in [0.05, 0.1) is 38.1 Å². The Morgan fingerprint density at radius 2 is 1.84 bits per heavy atom. The van der Waals surface area contributed by atoms with Crippen LogP contribution in [0.25, 0.3) is 0 Å². The van der Waals surface area contributed by atoms with Crippen molar-refractivity contribution in [2.75, 3.05) is 32.2 Å². The summed E-state index contributed by atoms with van der Waals surface area (Å²) in [6.07, 6.45) is 3.37. The van der Waals surface area contributed by atoms with Crippen molar-refractivity contribution < 1.29 is 23.4 Å². The molecule has 37 heavy (non-hydrogen) atoms. The van der Waals surface area contributed by atoms with Crippen LogP contribution in [-0.4, -0.2) is 49.4 Å². The van der Waals surface area contributed by atoms with Crippen LogP contribution >= 0.6 is 0 Å². The van der Waals surface area contributed by atoms with E-state index in [0.717, 1.165) is 29.8 Å². The highest BCUT2D eigenvalue weighted by atomic mass is 19.1. The molecule has 1 heterocycles. The Morgan fingerprint density at radius 3 is 2.41 bits per heavy atom. The first-order chi connectivity index (χ1) is 17.6. The lowest BCUT2D eigenvalue weighted by Gasteiger charge is -2.31. The average Bonchev–Trinajstić information content (AvgIpc) is 3.12. The molecule has 8 heteroatoms. The fourth-order valence-corrected chi connectivity index (χ4v) is 4.87. The summed E-state index contributed by atoms with van der Waals surface area (Å²) in [4.78, 5) is 15.2. The van der Waals surface area contributed by atoms with E-state index in [1.54, 1.807) is 25.0 Å². The van der Waals surface area contributed by atoms with Crippen LogP contribution in [-0.2, 0) is 12.0 Å². The lowest BCUT2D eigenvalue weighted by atomic mass is 9.84. The normalized spacial score (nSPS) is 15.3. The van der Waals surface area contributed by atoms with Crippen LogP contribution < -0.4 is 19.5 Å². The van der Waals surface area contributed by atoms with Crippen LogP contribution in [0.3, 0.4) is 0 Å². The number of nitrogens with one attached hydrogen (secondary N) is 2. The number of benzene rings is 2. The fourth-order valence-electron chi connectivity index (χ4n) is 4.87. The number of methoxy groups -OCH3 is 1. The number of carbonyl (C=O) groups excluding carboxylic acids is 1. The van der Waals surface area contributed by atoms with Gasteiger partial charge in [-0.3, -0.25) is 10.2 Å². The Kier molecular flexibility index (Phi) is 7.67. The van der Waals surface area contributed by atoms with Gasteiger partial charge in [-0.05, 0) is 62.3 Å². The van der Waals surface area contributed by atoms with Crippen LogP contribution in [0.2, 0.25) is 0 Å². The molecule has 1 aliphatic heterocycles. The van der Waals surface area contributed by atoms with Crippen molar-refractivity contribution in [1.29, 1.82) is 5.41 Å². The van der Waals surface area contributed by atoms with Crippen molar-refractivity contribution in [1.82, 2.24) is 4.90 Å². The molecule has 0 saturated heterocycles. The number of ether oxygens (including phenoxy) is 3. The molecule has 0 atom stereocenters. The lowest BCUT2D eigenvalue weighted by Crippen LogP contribution is -2.31. The third-order valence-electron chi connectivity index (χ3n) is 6.99. The van der Waals surface area contributed by atoms with E-state index in [9.17, 15) is 4.79 Å². The van der Waals surface area contributed by atoms with Gasteiger partial charge in [-0.1, -0.05) is 20.8 Å². The van der Waals surface area contributed by atoms with E-state index in [1.165, 1.54) is 6.42 Å². The third kappa shape index (κ3) is 5.24. The Bertz CT molecular complexity index is 1200. The van der Waals surface area contributed by atoms with Gasteiger partial charge in [-0.2, -0.15) is 0 Å². The molecule has 2 aromatic rings. The zero-order valence-electron chi connectivity index (χ0n) is 22.7. The molecule has 2 N–H and O–H groups in total. The second-order valence-electron chi connectivity index (χ2n) is 10.7. The maximum absolute atomic E-state index is 15.4. The molecule has 1 fully saturated rings. The Labute approximate surface area is 218 Å². The van der Waals surface area contributed by atoms with Gasteiger partial charge in [0.1, 0.15) is 11.6 Å². The van der Waals surface area contributed by atoms with Gasteiger partial charge in [-0.25, -0.2) is 4.39 Å². The molecule has 0 unspecified atom stereocenters. The molecule has 200 valence electrons. The summed E-state index contributed by atoms with van der Waals surface area (Å²) in [5.41, 5.74) is 2.83. The largest absolute Gasteiger partial charge is 0.494 e. The van der Waals surface area contributed by atoms with Crippen LogP contribution in [0.15, 0.2) is 18.2 Å². The quantitative estimate of drug-likeness (QED) is 0.386. The molecule has 2 aromatic carbocycles. The Morgan fingerprint density at radius 1 is 1.14 bits per heavy atom. The number of halogens is 1. The molecule has 7 nitrogen and oxygen atoms in total. The van der Waals surface area contributed by atoms with E-state index in [-0.39, 0.29) is 48.0 Å². The van der Waals surface area contributed by atoms with E-state index in [1.807, 2.05) is 19.1 Å². The highest BCUT2D eigenvalue weighted by Crippen LogP contribution is 2.41. The van der Waals surface area contributed by atoms with Crippen molar-refractivity contribution in [3.63, 3.8) is 0 Å². The number of Topliss-reactive ketones (excluding diaryl/α,β-unsaturated/α-hetero) is 1. The Hall–Kier alpha value is -3.29. The Balaban J connectivity index is 1.64. The minimum atomic E-state index is -0.616. The minimum absolute atomic E-state index is 0.0118. The van der Waals surface area contributed by atoms with Crippen molar-refractivity contribution in [3.8, 4) is 17.2 Å². The first-order valence-corrected chi connectivity index (χ1v) is 13.1. The first kappa shape index (κ1) is 26.8. The molecule has 4 rings (SSSR count). The number of fused-ring (bicyclic) bond motifs is 1. The average molecular weight is 512 g/mol. The maximum Gasteiger partial charge on any atom is 0.197 e. The van der Waals surface area contributed by atoms with Crippen LogP contribution in [0, 0.1) is 11.2 Å². The van der Waals surface area contributed by atoms with Gasteiger partial charge in [-0.15, -0.1) is 0 Å². The molecule has 0 spiro atoms. The topological polar surface area (TPSA) is 83.9 Å². The summed E-state index contributed by atoms with van der Waals surface area (Å²) in [7, 11) is 1.66. The lowest BCUT2D eigenvalue weighted by molar-refractivity contribution is 0.0962. The van der Waals surface area contributed by atoms with Gasteiger partial charge in [0, 0.05) is 23.7 Å². The standard InChI is InChI=1S/C29H38FN3O4/c1-7-36-23-14-18-15-33(28(31)24(18)25(30)27(23)37-8-2)16-22(34)17-12-20(29(3,4)5)26(35-6)21(13-17)32-19-10-9-11-19/h12-14,19,31-32H,7-11,15-16H2,1-6H3. The molecule has 0 radical (unpaired) electrons. The van der Waals surface area contributed by atoms with E-state index >= 15 is 4.39 Å². The number of carbonyl (C=O) groups is 1. The monoisotopic (exact) mass is 511 g/mol. The summed E-state index contributed by atoms with van der Waals surface area (Å²) in [5.74, 6) is 0.302. The minimum Gasteiger partial charge on any atom is -0.494 e. The van der Waals surface area contributed by atoms with Crippen LogP contribution in [0.5, 0.6) is 17.2 Å². The molecular formula is C29H38FN3O4. The van der Waals surface area contributed by atoms with E-state index in [2.05, 4.69) is 26.1 Å². The number of rotatable bonds is 10. The van der Waals surface area contributed by atoms with Crippen LogP contribution in [0.4, 0.5) is 10.1 Å². The zero-order valence-corrected chi connectivity index (χ0v) is 22.7. The number of hydrogen-bond acceptors (Lipinski definition) is 6. The smallest absolute Gasteiger partial charge is 0.197 e. The second kappa shape index (κ2) is 10.6. The van der Waals surface area contributed by atoms with E-state index in [4.69, 9.17) is 19.6 Å². The predicted octanol–water partition coefficient (Wildman–Crippen LogP) is 5.92. The van der Waals surface area contributed by atoms with Crippen molar-refractivity contribution in [3.05, 3.63) is 46.3 Å². The third-order valence-corrected chi connectivity index (χ3v) is 6.99. The first-order valence-electron chi connectivity index (χ1n) is 13.1. The van der Waals surface area contributed by atoms with Gasteiger partial charge < -0.3 is 24.4 Å². The van der Waals surface area contributed by atoms with Gasteiger partial charge in [0.15, 0.2) is 23.1 Å². The van der Waals surface area contributed by atoms with E-state index < -0.39 is 5.82 Å². The van der Waals surface area contributed by atoms with Crippen LogP contribution in [0.1, 0.15) is 80.9 Å². The van der Waals surface area contributed by atoms with E-state index in [0.29, 0.717) is 29.5 Å². The molecule has 1 saturated carbocycles. The maximum atomic E-state index is 15.4. The number of hydrogen-bond donors (Lipinski definition) is 2. The number of anilines is 1. The number of amidine groups is 1. The highest BCUT2D eigenvalue weighted by molar-refractivity contribution is 6.06. The number of ketones is 1. The number of nitrogens with zero attached hydrogens (tertiary/aromatic N) is 1. The fraction of sp³-hybridized carbons (Fsp3) is 0.517. The molecule has 0 bridgehead atoms. The van der Waals surface area contributed by atoms with Crippen molar-refractivity contribution >= 4 is 17.3 Å². The molecule has 0 amide bonds. The summed E-state index contributed by atoms with van der Waals surface area (Å²) in [6.45, 7) is 10.7. The van der Waals surface area contributed by atoms with Crippen molar-refractivity contribution in [2.24, 2.45) is 0 Å². The molecule has 0 aromatic heterocycles. The molecule has 2 aliphatic rings. The van der Waals surface area contributed by atoms with Crippen molar-refractivity contribution in [2.45, 2.75) is 71.9 Å². The SMILES string of the molecule is CCOc1cc2c(c(F)c1OCC)C(=N)N(CC(=O)c1cc(NC3CCC3)c(OC)c(C(C)(C)C)c1)C2. The van der Waals surface area contributed by atoms with Gasteiger partial charge in [0.25, 0.3) is 0 Å². The zero-order chi connectivity index (χ0) is 26.9. The van der Waals surface area contributed by atoms with Gasteiger partial charge >= 0.3 is 0 Å². The summed E-state index contributed by atoms with van der Waals surface area (Å²) in [6, 6.07) is 5.83.